The van der Waals surface area contributed by atoms with E-state index in [0.29, 0.717) is 10.8 Å². The maximum Gasteiger partial charge on any atom is 0.364 e. The van der Waals surface area contributed by atoms with E-state index in [4.69, 9.17) is 4.74 Å². The highest BCUT2D eigenvalue weighted by Gasteiger charge is 2.18. The predicted octanol–water partition coefficient (Wildman–Crippen LogP) is 1.94. The average molecular weight is 338 g/mol. The third kappa shape index (κ3) is 3.12. The minimum Gasteiger partial charge on any atom is -0.465 e. The van der Waals surface area contributed by atoms with E-state index in [1.165, 1.54) is 26.3 Å². The highest BCUT2D eigenvalue weighted by atomic mass is 16.5. The number of carbonyl (C=O) groups is 2. The van der Waals surface area contributed by atoms with E-state index in [0.717, 1.165) is 4.68 Å². The molecule has 1 heterocycles. The minimum atomic E-state index is -0.728. The number of esters is 2. The third-order valence-electron chi connectivity index (χ3n) is 3.62. The van der Waals surface area contributed by atoms with Gasteiger partial charge in [-0.05, 0) is 24.3 Å². The smallest absolute Gasteiger partial charge is 0.364 e. The molecule has 3 rings (SSSR count). The summed E-state index contributed by atoms with van der Waals surface area (Å²) in [6, 6.07) is 12.7. The fourth-order valence-corrected chi connectivity index (χ4v) is 2.41. The zero-order chi connectivity index (χ0) is 18.0. The van der Waals surface area contributed by atoms with Crippen molar-refractivity contribution in [1.82, 2.24) is 9.78 Å². The Bertz CT molecular complexity index is 1040. The molecule has 0 spiro atoms. The summed E-state index contributed by atoms with van der Waals surface area (Å²) in [5.41, 5.74) is -0.0351. The van der Waals surface area contributed by atoms with Gasteiger partial charge in [0.05, 0.1) is 18.1 Å². The van der Waals surface area contributed by atoms with Crippen LogP contribution in [0.2, 0.25) is 0 Å². The molecule has 126 valence electrons. The second-order valence-corrected chi connectivity index (χ2v) is 5.23. The fraction of sp³-hybridized carbons (Fsp3) is 0.111. The molecule has 7 nitrogen and oxygen atoms in total. The van der Waals surface area contributed by atoms with Crippen molar-refractivity contribution in [2.75, 3.05) is 7.11 Å². The van der Waals surface area contributed by atoms with Crippen molar-refractivity contribution in [3.8, 4) is 5.75 Å². The van der Waals surface area contributed by atoms with E-state index in [-0.39, 0.29) is 22.6 Å². The van der Waals surface area contributed by atoms with Crippen molar-refractivity contribution in [3.63, 3.8) is 0 Å². The maximum absolute atomic E-state index is 12.5. The molecule has 7 heteroatoms. The molecule has 0 amide bonds. The molecule has 0 saturated heterocycles. The van der Waals surface area contributed by atoms with Crippen molar-refractivity contribution < 1.29 is 19.1 Å². The monoisotopic (exact) mass is 338 g/mol. The van der Waals surface area contributed by atoms with Crippen LogP contribution in [0.4, 0.5) is 0 Å². The van der Waals surface area contributed by atoms with E-state index in [2.05, 4.69) is 9.84 Å². The first kappa shape index (κ1) is 16.4. The Morgan fingerprint density at radius 1 is 1.00 bits per heavy atom. The lowest BCUT2D eigenvalue weighted by Gasteiger charge is -2.08. The van der Waals surface area contributed by atoms with Gasteiger partial charge in [-0.15, -0.1) is 0 Å². The van der Waals surface area contributed by atoms with Crippen LogP contribution in [-0.4, -0.2) is 28.8 Å². The van der Waals surface area contributed by atoms with Crippen LogP contribution in [0.3, 0.4) is 0 Å². The molecule has 25 heavy (non-hydrogen) atoms. The number of methoxy groups -OCH3 is 1. The number of carbonyl (C=O) groups excluding carboxylic acids is 2. The highest BCUT2D eigenvalue weighted by molar-refractivity contribution is 6.03. The van der Waals surface area contributed by atoms with Gasteiger partial charge in [-0.25, -0.2) is 14.3 Å². The SMILES string of the molecule is COC(=O)c1cccc(OC(=O)c2nn(C)c(=O)c3ccccc23)c1. The molecule has 0 atom stereocenters. The van der Waals surface area contributed by atoms with Crippen molar-refractivity contribution in [2.24, 2.45) is 7.05 Å². The topological polar surface area (TPSA) is 87.5 Å². The first-order chi connectivity index (χ1) is 12.0. The molecule has 3 aromatic rings. The molecule has 0 saturated carbocycles. The number of benzene rings is 2. The van der Waals surface area contributed by atoms with Gasteiger partial charge in [0.15, 0.2) is 5.69 Å². The maximum atomic E-state index is 12.5. The number of rotatable bonds is 3. The van der Waals surface area contributed by atoms with Gasteiger partial charge in [-0.3, -0.25) is 4.79 Å². The number of hydrogen-bond donors (Lipinski definition) is 0. The molecule has 0 aliphatic heterocycles. The van der Waals surface area contributed by atoms with Gasteiger partial charge in [0, 0.05) is 12.4 Å². The summed E-state index contributed by atoms with van der Waals surface area (Å²) in [7, 11) is 2.73. The van der Waals surface area contributed by atoms with E-state index >= 15 is 0 Å². The average Bonchev–Trinajstić information content (AvgIpc) is 2.64. The lowest BCUT2D eigenvalue weighted by molar-refractivity contribution is 0.0597. The Balaban J connectivity index is 2.00. The molecule has 0 radical (unpaired) electrons. The Kier molecular flexibility index (Phi) is 4.30. The number of fused-ring (bicyclic) bond motifs is 1. The summed E-state index contributed by atoms with van der Waals surface area (Å²) >= 11 is 0. The van der Waals surface area contributed by atoms with Crippen LogP contribution in [0.15, 0.2) is 53.3 Å². The van der Waals surface area contributed by atoms with Gasteiger partial charge in [0.25, 0.3) is 5.56 Å². The molecule has 1 aromatic heterocycles. The van der Waals surface area contributed by atoms with Gasteiger partial charge >= 0.3 is 11.9 Å². The molecule has 2 aromatic carbocycles. The largest absolute Gasteiger partial charge is 0.465 e. The molecule has 0 unspecified atom stereocenters. The summed E-state index contributed by atoms with van der Waals surface area (Å²) in [5, 5.41) is 4.78. The summed E-state index contributed by atoms with van der Waals surface area (Å²) in [5.74, 6) is -1.09. The first-order valence-electron chi connectivity index (χ1n) is 7.38. The summed E-state index contributed by atoms with van der Waals surface area (Å²) in [6.07, 6.45) is 0. The van der Waals surface area contributed by atoms with Gasteiger partial charge < -0.3 is 9.47 Å². The highest BCUT2D eigenvalue weighted by Crippen LogP contribution is 2.18. The van der Waals surface area contributed by atoms with Crippen molar-refractivity contribution in [1.29, 1.82) is 0 Å². The van der Waals surface area contributed by atoms with Crippen molar-refractivity contribution in [2.45, 2.75) is 0 Å². The molecular weight excluding hydrogens is 324 g/mol. The van der Waals surface area contributed by atoms with Crippen LogP contribution in [0, 0.1) is 0 Å². The Morgan fingerprint density at radius 2 is 1.72 bits per heavy atom. The standard InChI is InChI=1S/C18H14N2O5/c1-20-16(21)14-9-4-3-8-13(14)15(19-20)18(23)25-12-7-5-6-11(10-12)17(22)24-2/h3-10H,1-2H3. The normalized spacial score (nSPS) is 10.5. The third-order valence-corrected chi connectivity index (χ3v) is 3.62. The molecule has 0 aliphatic carbocycles. The van der Waals surface area contributed by atoms with E-state index in [9.17, 15) is 14.4 Å². The van der Waals surface area contributed by atoms with E-state index in [1.807, 2.05) is 0 Å². The van der Waals surface area contributed by atoms with Crippen LogP contribution in [0.5, 0.6) is 5.75 Å². The van der Waals surface area contributed by atoms with Crippen LogP contribution >= 0.6 is 0 Å². The summed E-state index contributed by atoms with van der Waals surface area (Å²) in [4.78, 5) is 36.2. The van der Waals surface area contributed by atoms with Gasteiger partial charge in [-0.1, -0.05) is 24.3 Å². The molecule has 0 N–H and O–H groups in total. The number of hydrogen-bond acceptors (Lipinski definition) is 6. The van der Waals surface area contributed by atoms with Gasteiger partial charge in [0.2, 0.25) is 0 Å². The zero-order valence-electron chi connectivity index (χ0n) is 13.6. The van der Waals surface area contributed by atoms with Crippen molar-refractivity contribution in [3.05, 3.63) is 70.1 Å². The van der Waals surface area contributed by atoms with Gasteiger partial charge in [0.1, 0.15) is 5.75 Å². The first-order valence-corrected chi connectivity index (χ1v) is 7.38. The van der Waals surface area contributed by atoms with Crippen LogP contribution in [-0.2, 0) is 11.8 Å². The molecule has 0 bridgehead atoms. The fourth-order valence-electron chi connectivity index (χ4n) is 2.41. The Hall–Kier alpha value is -3.48. The van der Waals surface area contributed by atoms with E-state index < -0.39 is 11.9 Å². The lowest BCUT2D eigenvalue weighted by atomic mass is 10.1. The van der Waals surface area contributed by atoms with E-state index in [1.54, 1.807) is 36.4 Å². The minimum absolute atomic E-state index is 0.0150. The Labute approximate surface area is 142 Å². The lowest BCUT2D eigenvalue weighted by Crippen LogP contribution is -2.24. The Morgan fingerprint density at radius 3 is 2.44 bits per heavy atom. The number of nitrogens with zero attached hydrogens (tertiary/aromatic N) is 2. The molecule has 0 aliphatic rings. The number of ether oxygens (including phenoxy) is 2. The number of aromatic nitrogens is 2. The van der Waals surface area contributed by atoms with Crippen LogP contribution in [0.1, 0.15) is 20.8 Å². The van der Waals surface area contributed by atoms with Crippen LogP contribution in [0.25, 0.3) is 10.8 Å². The second kappa shape index (κ2) is 6.56. The molecule has 0 fully saturated rings. The van der Waals surface area contributed by atoms with Gasteiger partial charge in [-0.2, -0.15) is 5.10 Å². The summed E-state index contributed by atoms with van der Waals surface area (Å²) in [6.45, 7) is 0. The zero-order valence-corrected chi connectivity index (χ0v) is 13.6. The second-order valence-electron chi connectivity index (χ2n) is 5.23. The summed E-state index contributed by atoms with van der Waals surface area (Å²) < 4.78 is 11.0. The quantitative estimate of drug-likeness (QED) is 0.536. The van der Waals surface area contributed by atoms with Crippen molar-refractivity contribution >= 4 is 22.7 Å². The number of aryl methyl sites for hydroxylation is 1. The van der Waals surface area contributed by atoms with Crippen LogP contribution < -0.4 is 10.3 Å². The molecular formula is C18H14N2O5. The predicted molar refractivity (Wildman–Crippen MR) is 89.7 cm³/mol.